The minimum absolute atomic E-state index is 0.0279. The number of carbonyl (C=O) groups is 1. The van der Waals surface area contributed by atoms with Crippen LogP contribution in [0.2, 0.25) is 0 Å². The maximum Gasteiger partial charge on any atom is 0.337 e. The zero-order valence-corrected chi connectivity index (χ0v) is 11.4. The van der Waals surface area contributed by atoms with Crippen LogP contribution in [0.15, 0.2) is 36.7 Å². The number of ether oxygens (including phenoxy) is 1. The van der Waals surface area contributed by atoms with E-state index in [-0.39, 0.29) is 11.6 Å². The molecular weight excluding hydrogens is 258 g/mol. The normalized spacial score (nSPS) is 11.9. The molecule has 2 rings (SSSR count). The van der Waals surface area contributed by atoms with Gasteiger partial charge in [-0.25, -0.2) is 4.79 Å². The number of carboxylic acid groups (broad SMARTS) is 1. The molecule has 0 saturated heterocycles. The van der Waals surface area contributed by atoms with Gasteiger partial charge in [-0.15, -0.1) is 0 Å². The molecule has 0 aliphatic heterocycles. The third kappa shape index (κ3) is 3.28. The van der Waals surface area contributed by atoms with Crippen molar-refractivity contribution in [2.75, 3.05) is 12.4 Å². The topological polar surface area (TPSA) is 76.4 Å². The number of aromatic nitrogens is 2. The Hall–Kier alpha value is -2.50. The summed E-state index contributed by atoms with van der Waals surface area (Å²) in [6, 6.07) is 6.72. The van der Waals surface area contributed by atoms with Gasteiger partial charge in [0, 0.05) is 24.5 Å². The molecule has 0 radical (unpaired) electrons. The van der Waals surface area contributed by atoms with Crippen molar-refractivity contribution in [3.63, 3.8) is 0 Å². The smallest absolute Gasteiger partial charge is 0.337 e. The number of anilines is 1. The number of nitrogens with zero attached hydrogens (tertiary/aromatic N) is 2. The molecular formula is C14H17N3O3. The van der Waals surface area contributed by atoms with Crippen LogP contribution in [0.5, 0.6) is 5.75 Å². The van der Waals surface area contributed by atoms with Crippen molar-refractivity contribution in [1.82, 2.24) is 9.78 Å². The third-order valence-electron chi connectivity index (χ3n) is 2.88. The van der Waals surface area contributed by atoms with Crippen LogP contribution in [0.25, 0.3) is 0 Å². The van der Waals surface area contributed by atoms with Gasteiger partial charge in [0.05, 0.1) is 24.9 Å². The van der Waals surface area contributed by atoms with Crippen LogP contribution in [0.4, 0.5) is 5.69 Å². The summed E-state index contributed by atoms with van der Waals surface area (Å²) < 4.78 is 6.92. The fourth-order valence-corrected chi connectivity index (χ4v) is 1.96. The van der Waals surface area contributed by atoms with Gasteiger partial charge in [0.25, 0.3) is 0 Å². The number of methoxy groups -OCH3 is 1. The molecule has 0 fully saturated rings. The lowest BCUT2D eigenvalue weighted by Gasteiger charge is -2.17. The van der Waals surface area contributed by atoms with Gasteiger partial charge >= 0.3 is 5.97 Å². The number of benzene rings is 1. The zero-order valence-electron chi connectivity index (χ0n) is 11.4. The molecule has 1 unspecified atom stereocenters. The van der Waals surface area contributed by atoms with Crippen LogP contribution in [-0.2, 0) is 6.54 Å². The van der Waals surface area contributed by atoms with Crippen molar-refractivity contribution in [1.29, 1.82) is 0 Å². The van der Waals surface area contributed by atoms with Crippen LogP contribution >= 0.6 is 0 Å². The first-order chi connectivity index (χ1) is 9.60. The van der Waals surface area contributed by atoms with Gasteiger partial charge < -0.3 is 15.2 Å². The van der Waals surface area contributed by atoms with E-state index in [1.54, 1.807) is 30.1 Å². The van der Waals surface area contributed by atoms with Crippen LogP contribution in [0.3, 0.4) is 0 Å². The molecule has 106 valence electrons. The van der Waals surface area contributed by atoms with Gasteiger partial charge in [0.15, 0.2) is 0 Å². The average molecular weight is 275 g/mol. The van der Waals surface area contributed by atoms with Crippen molar-refractivity contribution < 1.29 is 14.6 Å². The van der Waals surface area contributed by atoms with Crippen LogP contribution in [0.1, 0.15) is 17.3 Å². The second-order valence-electron chi connectivity index (χ2n) is 4.49. The van der Waals surface area contributed by atoms with Crippen LogP contribution < -0.4 is 10.1 Å². The summed E-state index contributed by atoms with van der Waals surface area (Å²) in [6.45, 7) is 2.61. The number of hydrogen-bond acceptors (Lipinski definition) is 4. The molecule has 2 aromatic rings. The predicted molar refractivity (Wildman–Crippen MR) is 75.3 cm³/mol. The Morgan fingerprint density at radius 2 is 2.35 bits per heavy atom. The molecule has 0 spiro atoms. The molecule has 1 aromatic heterocycles. The molecule has 2 N–H and O–H groups in total. The van der Waals surface area contributed by atoms with E-state index in [1.165, 1.54) is 6.07 Å². The largest absolute Gasteiger partial charge is 0.497 e. The number of rotatable bonds is 6. The number of nitrogens with one attached hydrogen (secondary N) is 1. The molecule has 1 atom stereocenters. The third-order valence-corrected chi connectivity index (χ3v) is 2.88. The highest BCUT2D eigenvalue weighted by molar-refractivity contribution is 5.94. The zero-order chi connectivity index (χ0) is 14.5. The lowest BCUT2D eigenvalue weighted by molar-refractivity contribution is 0.0698. The molecule has 0 aliphatic carbocycles. The molecule has 0 amide bonds. The lowest BCUT2D eigenvalue weighted by Crippen LogP contribution is -2.23. The van der Waals surface area contributed by atoms with Gasteiger partial charge in [-0.3, -0.25) is 4.68 Å². The highest BCUT2D eigenvalue weighted by Gasteiger charge is 2.13. The van der Waals surface area contributed by atoms with Crippen molar-refractivity contribution in [3.8, 4) is 5.75 Å². The van der Waals surface area contributed by atoms with Crippen molar-refractivity contribution in [2.24, 2.45) is 0 Å². The summed E-state index contributed by atoms with van der Waals surface area (Å²) in [4.78, 5) is 11.2. The number of carboxylic acids is 1. The van der Waals surface area contributed by atoms with Gasteiger partial charge in [0.2, 0.25) is 0 Å². The predicted octanol–water partition coefficient (Wildman–Crippen LogP) is 2.09. The second-order valence-corrected chi connectivity index (χ2v) is 4.49. The lowest BCUT2D eigenvalue weighted by atomic mass is 10.1. The quantitative estimate of drug-likeness (QED) is 0.844. The van der Waals surface area contributed by atoms with Gasteiger partial charge in [-0.1, -0.05) is 0 Å². The highest BCUT2D eigenvalue weighted by Crippen LogP contribution is 2.23. The van der Waals surface area contributed by atoms with E-state index in [0.717, 1.165) is 0 Å². The summed E-state index contributed by atoms with van der Waals surface area (Å²) in [5, 5.41) is 16.5. The fourth-order valence-electron chi connectivity index (χ4n) is 1.96. The first-order valence-corrected chi connectivity index (χ1v) is 6.25. The summed E-state index contributed by atoms with van der Waals surface area (Å²) in [5.41, 5.74) is 0.759. The number of aromatic carboxylic acids is 1. The molecule has 0 aliphatic rings. The van der Waals surface area contributed by atoms with E-state index < -0.39 is 5.97 Å². The Morgan fingerprint density at radius 1 is 1.55 bits per heavy atom. The monoisotopic (exact) mass is 275 g/mol. The van der Waals surface area contributed by atoms with E-state index >= 15 is 0 Å². The van der Waals surface area contributed by atoms with Crippen molar-refractivity contribution in [2.45, 2.75) is 19.5 Å². The standard InChI is InChI=1S/C14H17N3O3/c1-10(9-17-7-3-6-15-17)16-13-8-11(20-2)4-5-12(13)14(18)19/h3-8,10,16H,9H2,1-2H3,(H,18,19). The maximum atomic E-state index is 11.2. The molecule has 1 heterocycles. The second kappa shape index (κ2) is 6.10. The van der Waals surface area contributed by atoms with Crippen molar-refractivity contribution in [3.05, 3.63) is 42.2 Å². The fraction of sp³-hybridized carbons (Fsp3) is 0.286. The SMILES string of the molecule is COc1ccc(C(=O)O)c(NC(C)Cn2cccn2)c1. The minimum atomic E-state index is -0.971. The Balaban J connectivity index is 2.16. The molecule has 0 bridgehead atoms. The van der Waals surface area contributed by atoms with E-state index in [4.69, 9.17) is 4.74 Å². The Morgan fingerprint density at radius 3 is 2.95 bits per heavy atom. The van der Waals surface area contributed by atoms with Crippen LogP contribution in [-0.4, -0.2) is 34.0 Å². The summed E-state index contributed by atoms with van der Waals surface area (Å²) >= 11 is 0. The Labute approximate surface area is 117 Å². The van der Waals surface area contributed by atoms with E-state index in [9.17, 15) is 9.90 Å². The summed E-state index contributed by atoms with van der Waals surface area (Å²) in [7, 11) is 1.55. The maximum absolute atomic E-state index is 11.2. The van der Waals surface area contributed by atoms with Gasteiger partial charge in [0.1, 0.15) is 5.75 Å². The molecule has 6 nitrogen and oxygen atoms in total. The van der Waals surface area contributed by atoms with Crippen LogP contribution in [0, 0.1) is 0 Å². The highest BCUT2D eigenvalue weighted by atomic mass is 16.5. The van der Waals surface area contributed by atoms with E-state index in [1.807, 2.05) is 19.2 Å². The first kappa shape index (κ1) is 13.9. The average Bonchev–Trinajstić information content (AvgIpc) is 2.90. The molecule has 1 aromatic carbocycles. The number of hydrogen-bond donors (Lipinski definition) is 2. The molecule has 6 heteroatoms. The minimum Gasteiger partial charge on any atom is -0.497 e. The Kier molecular flexibility index (Phi) is 4.24. The van der Waals surface area contributed by atoms with Gasteiger partial charge in [-0.2, -0.15) is 5.10 Å². The molecule has 20 heavy (non-hydrogen) atoms. The summed E-state index contributed by atoms with van der Waals surface area (Å²) in [5.74, 6) is -0.356. The van der Waals surface area contributed by atoms with Gasteiger partial charge in [-0.05, 0) is 25.1 Å². The van der Waals surface area contributed by atoms with Crippen molar-refractivity contribution >= 4 is 11.7 Å². The van der Waals surface area contributed by atoms with E-state index in [0.29, 0.717) is 18.0 Å². The first-order valence-electron chi connectivity index (χ1n) is 6.25. The molecule has 0 saturated carbocycles. The van der Waals surface area contributed by atoms with E-state index in [2.05, 4.69) is 10.4 Å². The summed E-state index contributed by atoms with van der Waals surface area (Å²) in [6.07, 6.45) is 3.57. The Bertz CT molecular complexity index is 581.